The average Bonchev–Trinajstić information content (AvgIpc) is 3.02. The smallest absolute Gasteiger partial charge is 0.263 e. The second-order valence-electron chi connectivity index (χ2n) is 5.74. The predicted octanol–water partition coefficient (Wildman–Crippen LogP) is 2.22. The van der Waals surface area contributed by atoms with Crippen molar-refractivity contribution in [1.29, 1.82) is 0 Å². The Bertz CT molecular complexity index is 851. The van der Waals surface area contributed by atoms with E-state index in [1.54, 1.807) is 27.9 Å². The molecule has 0 saturated carbocycles. The van der Waals surface area contributed by atoms with Gasteiger partial charge in [-0.2, -0.15) is 16.9 Å². The molecule has 1 amide bonds. The van der Waals surface area contributed by atoms with Crippen LogP contribution in [0, 0.1) is 13.8 Å². The van der Waals surface area contributed by atoms with E-state index in [0.717, 1.165) is 28.5 Å². The zero-order valence-corrected chi connectivity index (χ0v) is 14.6. The number of hydrogen-bond donors (Lipinski definition) is 1. The standard InChI is InChI=1S/C16H20N4O2S/c1-5-20-10(3)6-9(2)13(16(20)22)15(21)17-14-11-7-23-8-12(11)18-19(14)4/h6H,5,7-8H2,1-4H3,(H,17,21). The molecule has 0 radical (unpaired) electrons. The van der Waals surface area contributed by atoms with Gasteiger partial charge in [-0.3, -0.25) is 14.3 Å². The molecule has 0 fully saturated rings. The molecule has 3 heterocycles. The first-order chi connectivity index (χ1) is 10.9. The van der Waals surface area contributed by atoms with Crippen LogP contribution >= 0.6 is 11.8 Å². The predicted molar refractivity (Wildman–Crippen MR) is 92.0 cm³/mol. The second-order valence-corrected chi connectivity index (χ2v) is 6.72. The van der Waals surface area contributed by atoms with Crippen LogP contribution in [0.25, 0.3) is 0 Å². The van der Waals surface area contributed by atoms with Gasteiger partial charge in [0.1, 0.15) is 11.4 Å². The molecule has 23 heavy (non-hydrogen) atoms. The van der Waals surface area contributed by atoms with E-state index in [-0.39, 0.29) is 17.0 Å². The van der Waals surface area contributed by atoms with Gasteiger partial charge in [0.25, 0.3) is 11.5 Å². The Kier molecular flexibility index (Phi) is 4.06. The van der Waals surface area contributed by atoms with Gasteiger partial charge in [-0.1, -0.05) is 0 Å². The summed E-state index contributed by atoms with van der Waals surface area (Å²) in [5.41, 5.74) is 3.60. The molecular weight excluding hydrogens is 312 g/mol. The highest BCUT2D eigenvalue weighted by atomic mass is 32.2. The lowest BCUT2D eigenvalue weighted by atomic mass is 10.1. The van der Waals surface area contributed by atoms with Crippen LogP contribution in [0.15, 0.2) is 10.9 Å². The quantitative estimate of drug-likeness (QED) is 0.936. The number of aryl methyl sites for hydroxylation is 3. The van der Waals surface area contributed by atoms with Crippen LogP contribution in [-0.2, 0) is 25.1 Å². The molecule has 122 valence electrons. The first kappa shape index (κ1) is 15.9. The number of hydrogen-bond acceptors (Lipinski definition) is 4. The van der Waals surface area contributed by atoms with E-state index in [1.807, 2.05) is 27.0 Å². The van der Waals surface area contributed by atoms with Gasteiger partial charge in [0, 0.05) is 36.4 Å². The number of thioether (sulfide) groups is 1. The number of carbonyl (C=O) groups is 1. The van der Waals surface area contributed by atoms with E-state index < -0.39 is 0 Å². The van der Waals surface area contributed by atoms with E-state index in [0.29, 0.717) is 17.9 Å². The van der Waals surface area contributed by atoms with Gasteiger partial charge in [0.2, 0.25) is 0 Å². The number of rotatable bonds is 3. The van der Waals surface area contributed by atoms with Gasteiger partial charge < -0.3 is 9.88 Å². The van der Waals surface area contributed by atoms with Crippen LogP contribution in [0.5, 0.6) is 0 Å². The summed E-state index contributed by atoms with van der Waals surface area (Å²) in [5.74, 6) is 2.03. The molecule has 2 aromatic heterocycles. The van der Waals surface area contributed by atoms with Gasteiger partial charge in [-0.15, -0.1) is 0 Å². The minimum absolute atomic E-state index is 0.207. The van der Waals surface area contributed by atoms with Crippen molar-refractivity contribution < 1.29 is 4.79 Å². The van der Waals surface area contributed by atoms with E-state index in [4.69, 9.17) is 0 Å². The van der Waals surface area contributed by atoms with Gasteiger partial charge >= 0.3 is 0 Å². The topological polar surface area (TPSA) is 68.9 Å². The van der Waals surface area contributed by atoms with Crippen molar-refractivity contribution in [3.63, 3.8) is 0 Å². The lowest BCUT2D eigenvalue weighted by Crippen LogP contribution is -2.32. The molecule has 1 aliphatic heterocycles. The average molecular weight is 332 g/mol. The summed E-state index contributed by atoms with van der Waals surface area (Å²) in [6.07, 6.45) is 0. The number of aromatic nitrogens is 3. The third kappa shape index (κ3) is 2.59. The number of nitrogens with one attached hydrogen (secondary N) is 1. The van der Waals surface area contributed by atoms with E-state index >= 15 is 0 Å². The van der Waals surface area contributed by atoms with E-state index in [1.165, 1.54) is 0 Å². The van der Waals surface area contributed by atoms with Gasteiger partial charge in [0.15, 0.2) is 0 Å². The number of anilines is 1. The second kappa shape index (κ2) is 5.88. The highest BCUT2D eigenvalue weighted by Crippen LogP contribution is 2.34. The molecule has 0 atom stereocenters. The third-order valence-electron chi connectivity index (χ3n) is 4.19. The fourth-order valence-electron chi connectivity index (χ4n) is 3.06. The number of nitrogens with zero attached hydrogens (tertiary/aromatic N) is 3. The highest BCUT2D eigenvalue weighted by molar-refractivity contribution is 7.98. The monoisotopic (exact) mass is 332 g/mol. The fourth-order valence-corrected chi connectivity index (χ4v) is 4.10. The Labute approximate surface area is 138 Å². The van der Waals surface area contributed by atoms with Crippen LogP contribution in [0.4, 0.5) is 5.82 Å². The molecule has 0 unspecified atom stereocenters. The Morgan fingerprint density at radius 2 is 2.13 bits per heavy atom. The Morgan fingerprint density at radius 1 is 1.39 bits per heavy atom. The molecule has 0 spiro atoms. The lowest BCUT2D eigenvalue weighted by Gasteiger charge is -2.13. The SMILES string of the molecule is CCn1c(C)cc(C)c(C(=O)Nc2c3c(nn2C)CSC3)c1=O. The number of carbonyl (C=O) groups excluding carboxylic acids is 1. The molecule has 6 nitrogen and oxygen atoms in total. The molecule has 0 aromatic carbocycles. The zero-order chi connectivity index (χ0) is 16.7. The minimum Gasteiger partial charge on any atom is -0.313 e. The summed E-state index contributed by atoms with van der Waals surface area (Å²) in [7, 11) is 1.81. The number of fused-ring (bicyclic) bond motifs is 1. The molecule has 1 aliphatic rings. The summed E-state index contributed by atoms with van der Waals surface area (Å²) < 4.78 is 3.30. The molecule has 0 saturated heterocycles. The van der Waals surface area contributed by atoms with Gasteiger partial charge in [-0.25, -0.2) is 0 Å². The van der Waals surface area contributed by atoms with E-state index in [9.17, 15) is 9.59 Å². The Balaban J connectivity index is 2.01. The summed E-state index contributed by atoms with van der Waals surface area (Å²) in [5, 5.41) is 7.32. The lowest BCUT2D eigenvalue weighted by molar-refractivity contribution is 0.102. The molecule has 2 aromatic rings. The maximum absolute atomic E-state index is 12.7. The first-order valence-corrected chi connectivity index (χ1v) is 8.74. The summed E-state index contributed by atoms with van der Waals surface area (Å²) in [4.78, 5) is 25.3. The summed E-state index contributed by atoms with van der Waals surface area (Å²) in [6.45, 7) is 6.12. The molecule has 0 bridgehead atoms. The molecular formula is C16H20N4O2S. The first-order valence-electron chi connectivity index (χ1n) is 7.59. The highest BCUT2D eigenvalue weighted by Gasteiger charge is 2.24. The summed E-state index contributed by atoms with van der Waals surface area (Å²) in [6, 6.07) is 1.88. The Morgan fingerprint density at radius 3 is 2.83 bits per heavy atom. The minimum atomic E-state index is -0.364. The van der Waals surface area contributed by atoms with Crippen LogP contribution in [0.1, 0.15) is 39.8 Å². The number of amides is 1. The molecule has 1 N–H and O–H groups in total. The van der Waals surface area contributed by atoms with Crippen molar-refractivity contribution in [2.24, 2.45) is 7.05 Å². The van der Waals surface area contributed by atoms with Crippen molar-refractivity contribution in [2.75, 3.05) is 5.32 Å². The van der Waals surface area contributed by atoms with Crippen molar-refractivity contribution in [1.82, 2.24) is 14.3 Å². The van der Waals surface area contributed by atoms with Crippen LogP contribution in [-0.4, -0.2) is 20.3 Å². The molecule has 7 heteroatoms. The van der Waals surface area contributed by atoms with Crippen molar-refractivity contribution in [3.05, 3.63) is 44.5 Å². The van der Waals surface area contributed by atoms with Crippen molar-refractivity contribution in [3.8, 4) is 0 Å². The molecule has 3 rings (SSSR count). The van der Waals surface area contributed by atoms with Crippen LogP contribution in [0.3, 0.4) is 0 Å². The maximum atomic E-state index is 12.7. The van der Waals surface area contributed by atoms with Gasteiger partial charge in [-0.05, 0) is 32.4 Å². The maximum Gasteiger partial charge on any atom is 0.263 e. The van der Waals surface area contributed by atoms with Crippen LogP contribution in [0.2, 0.25) is 0 Å². The van der Waals surface area contributed by atoms with Crippen LogP contribution < -0.4 is 10.9 Å². The van der Waals surface area contributed by atoms with Crippen molar-refractivity contribution >= 4 is 23.5 Å². The van der Waals surface area contributed by atoms with Gasteiger partial charge in [0.05, 0.1) is 5.69 Å². The Hall–Kier alpha value is -2.02. The summed E-state index contributed by atoms with van der Waals surface area (Å²) >= 11 is 1.78. The van der Waals surface area contributed by atoms with E-state index in [2.05, 4.69) is 10.4 Å². The third-order valence-corrected chi connectivity index (χ3v) is 5.16. The van der Waals surface area contributed by atoms with Crippen molar-refractivity contribution in [2.45, 2.75) is 38.8 Å². The number of pyridine rings is 1. The molecule has 0 aliphatic carbocycles. The normalized spacial score (nSPS) is 13.2. The zero-order valence-electron chi connectivity index (χ0n) is 13.8. The fraction of sp³-hybridized carbons (Fsp3) is 0.438. The largest absolute Gasteiger partial charge is 0.313 e.